The summed E-state index contributed by atoms with van der Waals surface area (Å²) in [7, 11) is 0. The van der Waals surface area contributed by atoms with Gasteiger partial charge in [0.25, 0.3) is 0 Å². The van der Waals surface area contributed by atoms with E-state index in [9.17, 15) is 0 Å². The van der Waals surface area contributed by atoms with E-state index in [0.717, 1.165) is 6.54 Å². The summed E-state index contributed by atoms with van der Waals surface area (Å²) in [5, 5.41) is 17.0. The van der Waals surface area contributed by atoms with Gasteiger partial charge in [0.2, 0.25) is 0 Å². The Morgan fingerprint density at radius 1 is 1.56 bits per heavy atom. The highest BCUT2D eigenvalue weighted by atomic mass is 16.6. The lowest BCUT2D eigenvalue weighted by Crippen LogP contribution is -1.96. The van der Waals surface area contributed by atoms with Crippen molar-refractivity contribution >= 4 is 6.16 Å². The Kier molecular flexibility index (Phi) is 4.30. The summed E-state index contributed by atoms with van der Waals surface area (Å²) in [4.78, 5) is 8.56. The molecule has 0 aliphatic carbocycles. The quantitative estimate of drug-likeness (QED) is 0.453. The van der Waals surface area contributed by atoms with Gasteiger partial charge < -0.3 is 15.5 Å². The molecule has 9 heavy (non-hydrogen) atoms. The molecule has 0 radical (unpaired) electrons. The van der Waals surface area contributed by atoms with E-state index >= 15 is 0 Å². The first-order valence-corrected chi connectivity index (χ1v) is 2.54. The summed E-state index contributed by atoms with van der Waals surface area (Å²) < 4.78 is 0. The van der Waals surface area contributed by atoms with Crippen LogP contribution in [0.3, 0.4) is 0 Å². The van der Waals surface area contributed by atoms with Crippen molar-refractivity contribution in [1.82, 2.24) is 5.32 Å². The van der Waals surface area contributed by atoms with E-state index in [4.69, 9.17) is 15.0 Å². The lowest BCUT2D eigenvalue weighted by molar-refractivity contribution is 0.137. The summed E-state index contributed by atoms with van der Waals surface area (Å²) in [6, 6.07) is 0. The average molecular weight is 131 g/mol. The van der Waals surface area contributed by atoms with Gasteiger partial charge in [-0.2, -0.15) is 0 Å². The van der Waals surface area contributed by atoms with E-state index in [2.05, 4.69) is 11.4 Å². The second kappa shape index (κ2) is 4.96. The van der Waals surface area contributed by atoms with Crippen molar-refractivity contribution in [2.45, 2.75) is 6.42 Å². The first-order chi connectivity index (χ1) is 4.23. The highest BCUT2D eigenvalue weighted by molar-refractivity contribution is 5.53. The Hall–Kier alpha value is -1.19. The molecule has 1 aliphatic heterocycles. The number of hydrogen-bond donors (Lipinski definition) is 3. The molecule has 0 spiro atoms. The van der Waals surface area contributed by atoms with E-state index in [-0.39, 0.29) is 0 Å². The van der Waals surface area contributed by atoms with Crippen LogP contribution in [0, 0.1) is 0 Å². The molecule has 0 saturated carbocycles. The van der Waals surface area contributed by atoms with Crippen molar-refractivity contribution in [3.05, 3.63) is 12.3 Å². The molecule has 3 N–H and O–H groups in total. The Balaban J connectivity index is 0.000000148. The summed E-state index contributed by atoms with van der Waals surface area (Å²) in [6.07, 6.45) is 3.49. The normalized spacial score (nSPS) is 13.3. The van der Waals surface area contributed by atoms with E-state index in [1.165, 1.54) is 6.42 Å². The zero-order chi connectivity index (χ0) is 7.11. The van der Waals surface area contributed by atoms with E-state index in [1.807, 2.05) is 6.20 Å². The first-order valence-electron chi connectivity index (χ1n) is 2.54. The van der Waals surface area contributed by atoms with Crippen molar-refractivity contribution in [2.24, 2.45) is 0 Å². The standard InChI is InChI=1S/C4H7N.CH2O3/c1-2-4-5-3-1;2-1(3)4/h1,3,5H,2,4H2;(H2,2,3,4). The number of hydrogen-bond acceptors (Lipinski definition) is 2. The predicted octanol–water partition coefficient (Wildman–Crippen LogP) is 0.716. The summed E-state index contributed by atoms with van der Waals surface area (Å²) in [5.41, 5.74) is 0. The van der Waals surface area contributed by atoms with Crippen LogP contribution in [0.1, 0.15) is 6.42 Å². The van der Waals surface area contributed by atoms with E-state index < -0.39 is 6.16 Å². The van der Waals surface area contributed by atoms with Gasteiger partial charge in [-0.15, -0.1) is 0 Å². The predicted molar refractivity (Wildman–Crippen MR) is 32.4 cm³/mol. The van der Waals surface area contributed by atoms with Gasteiger partial charge in [0.15, 0.2) is 0 Å². The number of rotatable bonds is 0. The van der Waals surface area contributed by atoms with Gasteiger partial charge in [-0.05, 0) is 12.6 Å². The smallest absolute Gasteiger partial charge is 0.450 e. The molecule has 0 atom stereocenters. The zero-order valence-corrected chi connectivity index (χ0v) is 4.87. The van der Waals surface area contributed by atoms with Crippen molar-refractivity contribution < 1.29 is 15.0 Å². The average Bonchev–Trinajstić information content (AvgIpc) is 2.11. The lowest BCUT2D eigenvalue weighted by atomic mass is 10.5. The molecular weight excluding hydrogens is 122 g/mol. The maximum absolute atomic E-state index is 8.56. The molecule has 0 amide bonds. The van der Waals surface area contributed by atoms with Gasteiger partial charge in [-0.25, -0.2) is 4.79 Å². The van der Waals surface area contributed by atoms with Gasteiger partial charge in [0.05, 0.1) is 0 Å². The number of nitrogens with one attached hydrogen (secondary N) is 1. The third-order valence-electron chi connectivity index (χ3n) is 0.691. The van der Waals surface area contributed by atoms with Crippen LogP contribution >= 0.6 is 0 Å². The molecule has 0 bridgehead atoms. The lowest BCUT2D eigenvalue weighted by Gasteiger charge is -1.78. The minimum Gasteiger partial charge on any atom is -0.450 e. The van der Waals surface area contributed by atoms with Crippen molar-refractivity contribution in [3.8, 4) is 0 Å². The Morgan fingerprint density at radius 3 is 2.22 bits per heavy atom. The van der Waals surface area contributed by atoms with Crippen LogP contribution in [0.5, 0.6) is 0 Å². The van der Waals surface area contributed by atoms with Crippen LogP contribution in [0.2, 0.25) is 0 Å². The van der Waals surface area contributed by atoms with Crippen LogP contribution in [0.15, 0.2) is 12.3 Å². The second-order valence-corrected chi connectivity index (χ2v) is 1.43. The molecule has 0 aromatic rings. The number of carboxylic acid groups (broad SMARTS) is 2. The fourth-order valence-electron chi connectivity index (χ4n) is 0.417. The fraction of sp³-hybridized carbons (Fsp3) is 0.400. The molecule has 0 aromatic carbocycles. The Morgan fingerprint density at radius 2 is 2.11 bits per heavy atom. The molecule has 1 rings (SSSR count). The molecule has 1 aliphatic rings. The van der Waals surface area contributed by atoms with Crippen LogP contribution in [0.25, 0.3) is 0 Å². The summed E-state index contributed by atoms with van der Waals surface area (Å²) in [5.74, 6) is 0. The third-order valence-corrected chi connectivity index (χ3v) is 0.691. The summed E-state index contributed by atoms with van der Waals surface area (Å²) >= 11 is 0. The Bertz CT molecular complexity index is 101. The number of carbonyl (C=O) groups is 1. The largest absolute Gasteiger partial charge is 0.503 e. The monoisotopic (exact) mass is 131 g/mol. The molecule has 1 heterocycles. The highest BCUT2D eigenvalue weighted by Crippen LogP contribution is 1.84. The molecule has 0 unspecified atom stereocenters. The van der Waals surface area contributed by atoms with E-state index in [1.54, 1.807) is 0 Å². The van der Waals surface area contributed by atoms with Gasteiger partial charge >= 0.3 is 6.16 Å². The Labute approximate surface area is 52.8 Å². The molecule has 4 heteroatoms. The summed E-state index contributed by atoms with van der Waals surface area (Å²) in [6.45, 7) is 1.14. The first kappa shape index (κ1) is 7.81. The molecular formula is C5H9NO3. The SMILES string of the molecule is C1=CNCC1.O=C(O)O. The molecule has 0 aromatic heterocycles. The topological polar surface area (TPSA) is 69.6 Å². The fourth-order valence-corrected chi connectivity index (χ4v) is 0.417. The van der Waals surface area contributed by atoms with Crippen molar-refractivity contribution in [1.29, 1.82) is 0 Å². The van der Waals surface area contributed by atoms with Crippen LogP contribution in [0.4, 0.5) is 4.79 Å². The van der Waals surface area contributed by atoms with Crippen LogP contribution in [-0.2, 0) is 0 Å². The maximum Gasteiger partial charge on any atom is 0.503 e. The second-order valence-electron chi connectivity index (χ2n) is 1.43. The molecule has 0 fully saturated rings. The van der Waals surface area contributed by atoms with Gasteiger partial charge in [-0.3, -0.25) is 0 Å². The van der Waals surface area contributed by atoms with Gasteiger partial charge in [0, 0.05) is 6.54 Å². The zero-order valence-electron chi connectivity index (χ0n) is 4.87. The van der Waals surface area contributed by atoms with Crippen molar-refractivity contribution in [2.75, 3.05) is 6.54 Å². The molecule has 52 valence electrons. The maximum atomic E-state index is 8.56. The van der Waals surface area contributed by atoms with Crippen LogP contribution in [-0.4, -0.2) is 22.9 Å². The highest BCUT2D eigenvalue weighted by Gasteiger charge is 1.81. The minimum atomic E-state index is -1.83. The third kappa shape index (κ3) is 10.9. The van der Waals surface area contributed by atoms with Gasteiger partial charge in [0.1, 0.15) is 0 Å². The molecule has 0 saturated heterocycles. The van der Waals surface area contributed by atoms with Crippen molar-refractivity contribution in [3.63, 3.8) is 0 Å². The van der Waals surface area contributed by atoms with E-state index in [0.29, 0.717) is 0 Å². The van der Waals surface area contributed by atoms with Gasteiger partial charge in [-0.1, -0.05) is 6.08 Å². The molecule has 4 nitrogen and oxygen atoms in total. The minimum absolute atomic E-state index is 1.14. The van der Waals surface area contributed by atoms with Crippen LogP contribution < -0.4 is 5.32 Å².